The Morgan fingerprint density at radius 2 is 2.24 bits per heavy atom. The minimum atomic E-state index is -0.226. The Morgan fingerprint density at radius 1 is 1.53 bits per heavy atom. The first kappa shape index (κ1) is 12.2. The molecule has 1 saturated heterocycles. The van der Waals surface area contributed by atoms with Crippen LogP contribution in [0.25, 0.3) is 0 Å². The SMILES string of the molecule is CC(C)CC(=O)NCC1CN(C2CC2)C(=O)O1. The number of rotatable bonds is 5. The Kier molecular flexibility index (Phi) is 3.54. The highest BCUT2D eigenvalue weighted by Gasteiger charge is 2.40. The third-order valence-electron chi connectivity index (χ3n) is 3.01. The molecular weight excluding hydrogens is 220 g/mol. The molecule has 96 valence electrons. The van der Waals surface area contributed by atoms with E-state index >= 15 is 0 Å². The minimum absolute atomic E-state index is 0.0286. The zero-order valence-electron chi connectivity index (χ0n) is 10.4. The van der Waals surface area contributed by atoms with Crippen molar-refractivity contribution in [2.24, 2.45) is 5.92 Å². The third kappa shape index (κ3) is 3.35. The Labute approximate surface area is 101 Å². The quantitative estimate of drug-likeness (QED) is 0.783. The summed E-state index contributed by atoms with van der Waals surface area (Å²) in [5.74, 6) is 0.380. The normalized spacial score (nSPS) is 24.1. The van der Waals surface area contributed by atoms with Crippen LogP contribution in [0.2, 0.25) is 0 Å². The van der Waals surface area contributed by atoms with Crippen LogP contribution in [0, 0.1) is 5.92 Å². The predicted molar refractivity (Wildman–Crippen MR) is 62.5 cm³/mol. The van der Waals surface area contributed by atoms with Gasteiger partial charge in [-0.1, -0.05) is 13.8 Å². The van der Waals surface area contributed by atoms with Gasteiger partial charge in [0.25, 0.3) is 0 Å². The summed E-state index contributed by atoms with van der Waals surface area (Å²) < 4.78 is 5.20. The molecule has 2 amide bonds. The number of ether oxygens (including phenoxy) is 1. The maximum Gasteiger partial charge on any atom is 0.410 e. The topological polar surface area (TPSA) is 58.6 Å². The zero-order valence-corrected chi connectivity index (χ0v) is 10.4. The Balaban J connectivity index is 1.70. The van der Waals surface area contributed by atoms with E-state index in [0.717, 1.165) is 12.8 Å². The molecule has 0 aromatic carbocycles. The molecule has 17 heavy (non-hydrogen) atoms. The van der Waals surface area contributed by atoms with Crippen molar-refractivity contribution in [2.45, 2.75) is 45.3 Å². The number of amides is 2. The Bertz CT molecular complexity index is 313. The van der Waals surface area contributed by atoms with Crippen LogP contribution >= 0.6 is 0 Å². The summed E-state index contributed by atoms with van der Waals surface area (Å²) >= 11 is 0. The van der Waals surface area contributed by atoms with E-state index in [0.29, 0.717) is 31.5 Å². The maximum absolute atomic E-state index is 11.5. The smallest absolute Gasteiger partial charge is 0.410 e. The van der Waals surface area contributed by atoms with Crippen molar-refractivity contribution in [2.75, 3.05) is 13.1 Å². The van der Waals surface area contributed by atoms with Crippen LogP contribution in [-0.4, -0.2) is 42.1 Å². The summed E-state index contributed by atoms with van der Waals surface area (Å²) in [6, 6.07) is 0.388. The summed E-state index contributed by atoms with van der Waals surface area (Å²) in [7, 11) is 0. The molecule has 5 nitrogen and oxygen atoms in total. The van der Waals surface area contributed by atoms with Gasteiger partial charge >= 0.3 is 6.09 Å². The van der Waals surface area contributed by atoms with Crippen molar-refractivity contribution in [1.82, 2.24) is 10.2 Å². The Hall–Kier alpha value is -1.26. The van der Waals surface area contributed by atoms with Crippen LogP contribution in [0.4, 0.5) is 4.79 Å². The number of hydrogen-bond acceptors (Lipinski definition) is 3. The number of nitrogens with zero attached hydrogens (tertiary/aromatic N) is 1. The summed E-state index contributed by atoms with van der Waals surface area (Å²) in [6.07, 6.45) is 2.28. The molecule has 1 aliphatic carbocycles. The van der Waals surface area contributed by atoms with Gasteiger partial charge in [0.15, 0.2) is 0 Å². The first-order valence-corrected chi connectivity index (χ1v) is 6.30. The molecule has 0 aromatic heterocycles. The van der Waals surface area contributed by atoms with Gasteiger partial charge in [0, 0.05) is 12.5 Å². The van der Waals surface area contributed by atoms with Crippen LogP contribution in [0.15, 0.2) is 0 Å². The number of nitrogens with one attached hydrogen (secondary N) is 1. The van der Waals surface area contributed by atoms with E-state index in [9.17, 15) is 9.59 Å². The lowest BCUT2D eigenvalue weighted by molar-refractivity contribution is -0.122. The van der Waals surface area contributed by atoms with Crippen molar-refractivity contribution in [3.63, 3.8) is 0 Å². The second-order valence-electron chi connectivity index (χ2n) is 5.29. The fourth-order valence-electron chi connectivity index (χ4n) is 2.00. The van der Waals surface area contributed by atoms with Crippen LogP contribution in [0.1, 0.15) is 33.1 Å². The van der Waals surface area contributed by atoms with E-state index in [1.807, 2.05) is 13.8 Å². The fourth-order valence-corrected chi connectivity index (χ4v) is 2.00. The summed E-state index contributed by atoms with van der Waals surface area (Å²) in [6.45, 7) is 5.06. The van der Waals surface area contributed by atoms with Crippen molar-refractivity contribution >= 4 is 12.0 Å². The van der Waals surface area contributed by atoms with E-state index in [-0.39, 0.29) is 18.1 Å². The average molecular weight is 240 g/mol. The zero-order chi connectivity index (χ0) is 12.4. The van der Waals surface area contributed by atoms with Gasteiger partial charge < -0.3 is 15.0 Å². The molecule has 1 atom stereocenters. The Morgan fingerprint density at radius 3 is 2.82 bits per heavy atom. The van der Waals surface area contributed by atoms with Gasteiger partial charge in [0.2, 0.25) is 5.91 Å². The molecule has 1 N–H and O–H groups in total. The predicted octanol–water partition coefficient (Wildman–Crippen LogP) is 1.13. The number of carbonyl (C=O) groups is 2. The van der Waals surface area contributed by atoms with Crippen molar-refractivity contribution in [3.05, 3.63) is 0 Å². The van der Waals surface area contributed by atoms with Crippen LogP contribution in [0.3, 0.4) is 0 Å². The van der Waals surface area contributed by atoms with Gasteiger partial charge in [0.1, 0.15) is 6.10 Å². The molecule has 5 heteroatoms. The molecule has 2 aliphatic rings. The van der Waals surface area contributed by atoms with Gasteiger partial charge in [-0.3, -0.25) is 4.79 Å². The van der Waals surface area contributed by atoms with E-state index in [4.69, 9.17) is 4.74 Å². The summed E-state index contributed by atoms with van der Waals surface area (Å²) in [5.41, 5.74) is 0. The van der Waals surface area contributed by atoms with Gasteiger partial charge in [-0.2, -0.15) is 0 Å². The molecule has 0 bridgehead atoms. The molecule has 1 saturated carbocycles. The molecule has 0 radical (unpaired) electrons. The second kappa shape index (κ2) is 4.94. The highest BCUT2D eigenvalue weighted by atomic mass is 16.6. The summed E-state index contributed by atoms with van der Waals surface area (Å²) in [4.78, 5) is 24.7. The lowest BCUT2D eigenvalue weighted by Crippen LogP contribution is -2.35. The lowest BCUT2D eigenvalue weighted by Gasteiger charge is -2.12. The van der Waals surface area contributed by atoms with Gasteiger partial charge in [-0.15, -0.1) is 0 Å². The van der Waals surface area contributed by atoms with Crippen LogP contribution in [0.5, 0.6) is 0 Å². The highest BCUT2D eigenvalue weighted by Crippen LogP contribution is 2.30. The molecule has 1 heterocycles. The molecule has 1 unspecified atom stereocenters. The molecule has 2 rings (SSSR count). The molecular formula is C12H20N2O3. The van der Waals surface area contributed by atoms with Crippen LogP contribution in [-0.2, 0) is 9.53 Å². The second-order valence-corrected chi connectivity index (χ2v) is 5.29. The third-order valence-corrected chi connectivity index (χ3v) is 3.01. The van der Waals surface area contributed by atoms with E-state index in [1.54, 1.807) is 4.90 Å². The monoisotopic (exact) mass is 240 g/mol. The summed E-state index contributed by atoms with van der Waals surface area (Å²) in [5, 5.41) is 2.81. The van der Waals surface area contributed by atoms with Gasteiger partial charge in [-0.05, 0) is 18.8 Å². The van der Waals surface area contributed by atoms with Crippen molar-refractivity contribution < 1.29 is 14.3 Å². The molecule has 2 fully saturated rings. The first-order valence-electron chi connectivity index (χ1n) is 6.30. The molecule has 1 aliphatic heterocycles. The van der Waals surface area contributed by atoms with Crippen LogP contribution < -0.4 is 5.32 Å². The average Bonchev–Trinajstić information content (AvgIpc) is 2.99. The molecule has 0 spiro atoms. The fraction of sp³-hybridized carbons (Fsp3) is 0.833. The van der Waals surface area contributed by atoms with E-state index < -0.39 is 0 Å². The van der Waals surface area contributed by atoms with E-state index in [2.05, 4.69) is 5.32 Å². The maximum atomic E-state index is 11.5. The van der Waals surface area contributed by atoms with E-state index in [1.165, 1.54) is 0 Å². The standard InChI is InChI=1S/C12H20N2O3/c1-8(2)5-11(15)13-6-10-7-14(9-3-4-9)12(16)17-10/h8-10H,3-7H2,1-2H3,(H,13,15). The largest absolute Gasteiger partial charge is 0.442 e. The van der Waals surface area contributed by atoms with Gasteiger partial charge in [0.05, 0.1) is 13.1 Å². The number of hydrogen-bond donors (Lipinski definition) is 1. The number of carbonyl (C=O) groups excluding carboxylic acids is 2. The number of cyclic esters (lactones) is 1. The van der Waals surface area contributed by atoms with Crippen molar-refractivity contribution in [3.8, 4) is 0 Å². The first-order chi connectivity index (χ1) is 8.06. The molecule has 0 aromatic rings. The highest BCUT2D eigenvalue weighted by molar-refractivity contribution is 5.76. The lowest BCUT2D eigenvalue weighted by atomic mass is 10.1. The van der Waals surface area contributed by atoms with Crippen molar-refractivity contribution in [1.29, 1.82) is 0 Å². The minimum Gasteiger partial charge on any atom is -0.442 e. The van der Waals surface area contributed by atoms with Gasteiger partial charge in [-0.25, -0.2) is 4.79 Å².